The van der Waals surface area contributed by atoms with E-state index in [2.05, 4.69) is 56.6 Å². The summed E-state index contributed by atoms with van der Waals surface area (Å²) < 4.78 is 0. The molecule has 90 valence electrons. The van der Waals surface area contributed by atoms with Gasteiger partial charge >= 0.3 is 0 Å². The van der Waals surface area contributed by atoms with E-state index >= 15 is 0 Å². The lowest BCUT2D eigenvalue weighted by Crippen LogP contribution is -2.18. The smallest absolute Gasteiger partial charge is 0.0378 e. The largest absolute Gasteiger partial charge is 0.381 e. The maximum absolute atomic E-state index is 3.62. The minimum absolute atomic E-state index is 0. The summed E-state index contributed by atoms with van der Waals surface area (Å²) in [7, 11) is 0. The number of hydrogen-bond donors (Lipinski definition) is 1. The van der Waals surface area contributed by atoms with Crippen molar-refractivity contribution in [3.05, 3.63) is 43.0 Å². The molecule has 1 aromatic rings. The minimum atomic E-state index is 0. The molecule has 2 unspecified atom stereocenters. The normalized spacial score (nSPS) is 21.6. The van der Waals surface area contributed by atoms with Gasteiger partial charge in [-0.05, 0) is 18.1 Å². The van der Waals surface area contributed by atoms with Gasteiger partial charge in [-0.15, -0.1) is 13.2 Å². The maximum Gasteiger partial charge on any atom is 0.0378 e. The highest BCUT2D eigenvalue weighted by molar-refractivity contribution is 5.58. The van der Waals surface area contributed by atoms with E-state index in [1.165, 1.54) is 30.5 Å². The second kappa shape index (κ2) is 6.37. The van der Waals surface area contributed by atoms with Crippen LogP contribution in [0.1, 0.15) is 46.0 Å². The van der Waals surface area contributed by atoms with Crippen LogP contribution in [-0.2, 0) is 0 Å². The number of nitrogens with one attached hydrogen (secondary N) is 1. The predicted octanol–water partition coefficient (Wildman–Crippen LogP) is 4.82. The van der Waals surface area contributed by atoms with Crippen molar-refractivity contribution in [2.75, 3.05) is 5.32 Å². The molecule has 2 rings (SSSR count). The Bertz CT molecular complexity index is 324. The fourth-order valence-corrected chi connectivity index (χ4v) is 2.31. The first-order valence-corrected chi connectivity index (χ1v) is 6.18. The van der Waals surface area contributed by atoms with Crippen LogP contribution in [0.15, 0.2) is 37.4 Å². The van der Waals surface area contributed by atoms with Crippen molar-refractivity contribution in [3.8, 4) is 0 Å². The topological polar surface area (TPSA) is 12.0 Å². The van der Waals surface area contributed by atoms with E-state index in [0.717, 1.165) is 0 Å². The SMILES string of the molecule is C=C.CCCCC1Nc2ccccc2C1C.[HH]. The number of hydrogen-bond acceptors (Lipinski definition) is 1. The number of fused-ring (bicyclic) bond motifs is 1. The molecule has 0 saturated carbocycles. The monoisotopic (exact) mass is 219 g/mol. The quantitative estimate of drug-likeness (QED) is 0.718. The summed E-state index contributed by atoms with van der Waals surface area (Å²) >= 11 is 0. The minimum Gasteiger partial charge on any atom is -0.381 e. The summed E-state index contributed by atoms with van der Waals surface area (Å²) in [6.07, 6.45) is 3.92. The lowest BCUT2D eigenvalue weighted by molar-refractivity contribution is 0.559. The van der Waals surface area contributed by atoms with Crippen LogP contribution < -0.4 is 5.32 Å². The highest BCUT2D eigenvalue weighted by Gasteiger charge is 2.26. The maximum atomic E-state index is 3.62. The molecule has 1 heteroatoms. The van der Waals surface area contributed by atoms with Crippen LogP contribution in [0.2, 0.25) is 0 Å². The van der Waals surface area contributed by atoms with Gasteiger partial charge < -0.3 is 5.32 Å². The van der Waals surface area contributed by atoms with Crippen molar-refractivity contribution in [1.29, 1.82) is 0 Å². The Morgan fingerprint density at radius 1 is 1.31 bits per heavy atom. The van der Waals surface area contributed by atoms with E-state index in [1.54, 1.807) is 0 Å². The molecule has 0 radical (unpaired) electrons. The number of anilines is 1. The summed E-state index contributed by atoms with van der Waals surface area (Å²) in [5, 5.41) is 3.62. The van der Waals surface area contributed by atoms with Gasteiger partial charge in [0.1, 0.15) is 0 Å². The third kappa shape index (κ3) is 2.66. The van der Waals surface area contributed by atoms with Gasteiger partial charge in [-0.3, -0.25) is 0 Å². The Kier molecular flexibility index (Phi) is 5.10. The Hall–Kier alpha value is -1.24. The average Bonchev–Trinajstić information content (AvgIpc) is 2.67. The second-order valence-corrected chi connectivity index (χ2v) is 4.27. The van der Waals surface area contributed by atoms with Crippen molar-refractivity contribution >= 4 is 5.69 Å². The zero-order valence-electron chi connectivity index (χ0n) is 10.5. The van der Waals surface area contributed by atoms with Gasteiger partial charge in [0.2, 0.25) is 0 Å². The molecule has 1 N–H and O–H groups in total. The molecular formula is C15H25N. The average molecular weight is 219 g/mol. The summed E-state index contributed by atoms with van der Waals surface area (Å²) in [5.41, 5.74) is 2.84. The lowest BCUT2D eigenvalue weighted by Gasteiger charge is -2.15. The van der Waals surface area contributed by atoms with Gasteiger partial charge in [0.05, 0.1) is 0 Å². The Balaban J connectivity index is 0.000000811. The van der Waals surface area contributed by atoms with Gasteiger partial charge in [0, 0.05) is 19.1 Å². The molecule has 1 aliphatic heterocycles. The predicted molar refractivity (Wildman–Crippen MR) is 75.2 cm³/mol. The van der Waals surface area contributed by atoms with Crippen LogP contribution in [0, 0.1) is 0 Å². The van der Waals surface area contributed by atoms with Crippen LogP contribution in [0.3, 0.4) is 0 Å². The highest BCUT2D eigenvalue weighted by Crippen LogP contribution is 2.36. The highest BCUT2D eigenvalue weighted by atomic mass is 15.0. The van der Waals surface area contributed by atoms with E-state index in [9.17, 15) is 0 Å². The molecule has 2 atom stereocenters. The van der Waals surface area contributed by atoms with Gasteiger partial charge in [0.25, 0.3) is 0 Å². The number of para-hydroxylation sites is 1. The first-order valence-electron chi connectivity index (χ1n) is 6.18. The standard InChI is InChI=1S/C13H19N.C2H4.H2/c1-3-4-8-12-10(2)11-7-5-6-9-13(11)14-12;1-2;/h5-7,9-10,12,14H,3-4,8H2,1-2H3;1-2H2;1H. The molecular weight excluding hydrogens is 194 g/mol. The third-order valence-corrected chi connectivity index (χ3v) is 3.26. The van der Waals surface area contributed by atoms with Crippen molar-refractivity contribution in [1.82, 2.24) is 0 Å². The molecule has 0 amide bonds. The second-order valence-electron chi connectivity index (χ2n) is 4.27. The van der Waals surface area contributed by atoms with E-state index < -0.39 is 0 Å². The van der Waals surface area contributed by atoms with Gasteiger partial charge in [-0.2, -0.15) is 0 Å². The van der Waals surface area contributed by atoms with Crippen molar-refractivity contribution in [3.63, 3.8) is 0 Å². The molecule has 0 saturated heterocycles. The lowest BCUT2D eigenvalue weighted by atomic mass is 9.94. The van der Waals surface area contributed by atoms with E-state index in [4.69, 9.17) is 0 Å². The number of rotatable bonds is 3. The Morgan fingerprint density at radius 2 is 2.00 bits per heavy atom. The van der Waals surface area contributed by atoms with Crippen LogP contribution in [0.4, 0.5) is 5.69 Å². The summed E-state index contributed by atoms with van der Waals surface area (Å²) in [6.45, 7) is 10.6. The molecule has 0 bridgehead atoms. The molecule has 1 nitrogen and oxygen atoms in total. The van der Waals surface area contributed by atoms with E-state index in [0.29, 0.717) is 12.0 Å². The molecule has 1 heterocycles. The number of benzene rings is 1. The molecule has 0 aliphatic carbocycles. The zero-order chi connectivity index (χ0) is 12.0. The van der Waals surface area contributed by atoms with Crippen molar-refractivity contribution < 1.29 is 1.43 Å². The summed E-state index contributed by atoms with van der Waals surface area (Å²) in [4.78, 5) is 0. The fourth-order valence-electron chi connectivity index (χ4n) is 2.31. The molecule has 0 aromatic heterocycles. The fraction of sp³-hybridized carbons (Fsp3) is 0.467. The van der Waals surface area contributed by atoms with Crippen LogP contribution in [0.25, 0.3) is 0 Å². The van der Waals surface area contributed by atoms with Gasteiger partial charge in [-0.1, -0.05) is 44.9 Å². The molecule has 1 aromatic carbocycles. The molecule has 0 spiro atoms. The van der Waals surface area contributed by atoms with Crippen molar-refractivity contribution in [2.24, 2.45) is 0 Å². The molecule has 0 fully saturated rings. The third-order valence-electron chi connectivity index (χ3n) is 3.26. The van der Waals surface area contributed by atoms with Gasteiger partial charge in [-0.25, -0.2) is 0 Å². The summed E-state index contributed by atoms with van der Waals surface area (Å²) in [6, 6.07) is 9.35. The first-order chi connectivity index (χ1) is 7.83. The first kappa shape index (κ1) is 12.8. The Morgan fingerprint density at radius 3 is 2.62 bits per heavy atom. The van der Waals surface area contributed by atoms with Crippen LogP contribution in [-0.4, -0.2) is 6.04 Å². The molecule has 1 aliphatic rings. The molecule has 16 heavy (non-hydrogen) atoms. The van der Waals surface area contributed by atoms with Crippen LogP contribution >= 0.6 is 0 Å². The number of unbranched alkanes of at least 4 members (excludes halogenated alkanes) is 1. The van der Waals surface area contributed by atoms with Crippen LogP contribution in [0.5, 0.6) is 0 Å². The Labute approximate surface area is 101 Å². The van der Waals surface area contributed by atoms with E-state index in [-0.39, 0.29) is 1.43 Å². The van der Waals surface area contributed by atoms with Crippen molar-refractivity contribution in [2.45, 2.75) is 45.1 Å². The van der Waals surface area contributed by atoms with Gasteiger partial charge in [0.15, 0.2) is 0 Å². The summed E-state index contributed by atoms with van der Waals surface area (Å²) in [5.74, 6) is 0.678. The zero-order valence-corrected chi connectivity index (χ0v) is 10.5. The van der Waals surface area contributed by atoms with E-state index in [1.807, 2.05) is 0 Å².